The van der Waals surface area contributed by atoms with Crippen molar-refractivity contribution in [3.05, 3.63) is 23.9 Å². The van der Waals surface area contributed by atoms with Gasteiger partial charge in [0.15, 0.2) is 0 Å². The molecule has 102 valence electrons. The first kappa shape index (κ1) is 14.9. The summed E-state index contributed by atoms with van der Waals surface area (Å²) in [5.41, 5.74) is 3.65. The summed E-state index contributed by atoms with van der Waals surface area (Å²) in [4.78, 5) is 6.92. The maximum atomic E-state index is 5.38. The Morgan fingerprint density at radius 2 is 1.78 bits per heavy atom. The van der Waals surface area contributed by atoms with Gasteiger partial charge in [-0.05, 0) is 24.0 Å². The number of anilines is 1. The Labute approximate surface area is 111 Å². The Hall–Kier alpha value is -1.13. The van der Waals surface area contributed by atoms with Crippen LogP contribution in [0.1, 0.15) is 33.4 Å². The van der Waals surface area contributed by atoms with Crippen molar-refractivity contribution in [2.75, 3.05) is 18.5 Å². The molecule has 1 rings (SSSR count). The van der Waals surface area contributed by atoms with Gasteiger partial charge < -0.3 is 5.43 Å². The first-order valence-corrected chi connectivity index (χ1v) is 6.66. The quantitative estimate of drug-likeness (QED) is 0.576. The highest BCUT2D eigenvalue weighted by atomic mass is 15.3. The molecule has 0 aliphatic carbocycles. The number of nitrogens with two attached hydrogens (primary N) is 1. The smallest absolute Gasteiger partial charge is 0.140 e. The van der Waals surface area contributed by atoms with Gasteiger partial charge in [-0.15, -0.1) is 0 Å². The molecule has 0 amide bonds. The van der Waals surface area contributed by atoms with Crippen molar-refractivity contribution in [3.63, 3.8) is 0 Å². The Morgan fingerprint density at radius 1 is 1.17 bits per heavy atom. The average Bonchev–Trinajstić information content (AvgIpc) is 2.27. The highest BCUT2D eigenvalue weighted by molar-refractivity contribution is 5.33. The number of nitrogens with one attached hydrogen (secondary N) is 1. The van der Waals surface area contributed by atoms with Crippen LogP contribution in [-0.4, -0.2) is 23.0 Å². The molecule has 0 aliphatic rings. The third kappa shape index (κ3) is 5.47. The molecule has 4 heteroatoms. The summed E-state index contributed by atoms with van der Waals surface area (Å²) in [6, 6.07) is 5.91. The van der Waals surface area contributed by atoms with E-state index in [1.807, 2.05) is 12.1 Å². The molecule has 0 fully saturated rings. The Balaban J connectivity index is 2.68. The first-order valence-electron chi connectivity index (χ1n) is 6.66. The van der Waals surface area contributed by atoms with Gasteiger partial charge in [-0.1, -0.05) is 33.8 Å². The van der Waals surface area contributed by atoms with Gasteiger partial charge in [-0.2, -0.15) is 0 Å². The zero-order chi connectivity index (χ0) is 13.5. The molecule has 1 heterocycles. The molecular weight excluding hydrogens is 224 g/mol. The minimum absolute atomic E-state index is 0.666. The fraction of sp³-hybridized carbons (Fsp3) is 0.643. The highest BCUT2D eigenvalue weighted by Crippen LogP contribution is 2.10. The number of hydrogen-bond donors (Lipinski definition) is 2. The van der Waals surface area contributed by atoms with E-state index in [1.54, 1.807) is 0 Å². The number of nitrogen functional groups attached to an aromatic ring is 1. The Kier molecular flexibility index (Phi) is 6.09. The molecule has 0 aromatic carbocycles. The van der Waals surface area contributed by atoms with Gasteiger partial charge in [-0.25, -0.2) is 10.8 Å². The number of hydrogen-bond acceptors (Lipinski definition) is 4. The summed E-state index contributed by atoms with van der Waals surface area (Å²) in [6.07, 6.45) is 0. The second kappa shape index (κ2) is 7.34. The minimum Gasteiger partial charge on any atom is -0.308 e. The molecule has 1 aromatic rings. The van der Waals surface area contributed by atoms with Crippen LogP contribution in [0, 0.1) is 11.8 Å². The lowest BCUT2D eigenvalue weighted by Crippen LogP contribution is -2.31. The standard InChI is InChI=1S/C14H26N4/c1-11(2)8-18(9-12(3)4)10-13-6-5-7-14(16-13)17-15/h5-7,11-12H,8-10,15H2,1-4H3,(H,16,17). The van der Waals surface area contributed by atoms with Crippen molar-refractivity contribution in [2.24, 2.45) is 17.7 Å². The van der Waals surface area contributed by atoms with Gasteiger partial charge in [0.2, 0.25) is 0 Å². The van der Waals surface area contributed by atoms with E-state index < -0.39 is 0 Å². The second-order valence-electron chi connectivity index (χ2n) is 5.64. The fourth-order valence-corrected chi connectivity index (χ4v) is 2.11. The largest absolute Gasteiger partial charge is 0.308 e. The first-order chi connectivity index (χ1) is 8.51. The predicted molar refractivity (Wildman–Crippen MR) is 77.0 cm³/mol. The summed E-state index contributed by atoms with van der Waals surface area (Å²) < 4.78 is 0. The van der Waals surface area contributed by atoms with Crippen LogP contribution in [0.15, 0.2) is 18.2 Å². The van der Waals surface area contributed by atoms with Crippen LogP contribution in [-0.2, 0) is 6.54 Å². The van der Waals surface area contributed by atoms with Crippen molar-refractivity contribution in [2.45, 2.75) is 34.2 Å². The third-order valence-electron chi connectivity index (χ3n) is 2.59. The molecule has 0 aliphatic heterocycles. The zero-order valence-electron chi connectivity index (χ0n) is 12.0. The van der Waals surface area contributed by atoms with E-state index >= 15 is 0 Å². The topological polar surface area (TPSA) is 54.2 Å². The molecule has 0 atom stereocenters. The molecule has 0 saturated carbocycles. The molecule has 3 N–H and O–H groups in total. The predicted octanol–water partition coefficient (Wildman–Crippen LogP) is 2.48. The van der Waals surface area contributed by atoms with E-state index in [0.29, 0.717) is 11.8 Å². The zero-order valence-corrected chi connectivity index (χ0v) is 12.0. The molecule has 0 unspecified atom stereocenters. The van der Waals surface area contributed by atoms with Crippen LogP contribution < -0.4 is 11.3 Å². The molecule has 0 radical (unpaired) electrons. The Morgan fingerprint density at radius 3 is 2.28 bits per heavy atom. The Bertz CT molecular complexity index is 339. The number of hydrazine groups is 1. The van der Waals surface area contributed by atoms with Crippen LogP contribution in [0.2, 0.25) is 0 Å². The maximum absolute atomic E-state index is 5.38. The summed E-state index contributed by atoms with van der Waals surface area (Å²) >= 11 is 0. The van der Waals surface area contributed by atoms with Crippen LogP contribution in [0.5, 0.6) is 0 Å². The van der Waals surface area contributed by atoms with Crippen LogP contribution in [0.25, 0.3) is 0 Å². The van der Waals surface area contributed by atoms with Crippen LogP contribution in [0.4, 0.5) is 5.82 Å². The van der Waals surface area contributed by atoms with Gasteiger partial charge in [-0.3, -0.25) is 4.90 Å². The molecule has 0 spiro atoms. The van der Waals surface area contributed by atoms with E-state index in [2.05, 4.69) is 49.1 Å². The molecule has 0 saturated heterocycles. The van der Waals surface area contributed by atoms with Crippen LogP contribution >= 0.6 is 0 Å². The summed E-state index contributed by atoms with van der Waals surface area (Å²) in [5.74, 6) is 7.44. The van der Waals surface area contributed by atoms with Gasteiger partial charge in [0.05, 0.1) is 5.69 Å². The molecular formula is C14H26N4. The van der Waals surface area contributed by atoms with Crippen LogP contribution in [0.3, 0.4) is 0 Å². The van der Waals surface area contributed by atoms with E-state index in [1.165, 1.54) is 0 Å². The van der Waals surface area contributed by atoms with Gasteiger partial charge in [0.1, 0.15) is 5.82 Å². The molecule has 18 heavy (non-hydrogen) atoms. The van der Waals surface area contributed by atoms with Crippen molar-refractivity contribution >= 4 is 5.82 Å². The molecule has 0 bridgehead atoms. The van der Waals surface area contributed by atoms with Crippen molar-refractivity contribution in [1.29, 1.82) is 0 Å². The summed E-state index contributed by atoms with van der Waals surface area (Å²) in [7, 11) is 0. The van der Waals surface area contributed by atoms with Crippen molar-refractivity contribution < 1.29 is 0 Å². The second-order valence-corrected chi connectivity index (χ2v) is 5.64. The van der Waals surface area contributed by atoms with Crippen molar-refractivity contribution in [3.8, 4) is 0 Å². The number of aromatic nitrogens is 1. The monoisotopic (exact) mass is 250 g/mol. The molecule has 1 aromatic heterocycles. The van der Waals surface area contributed by atoms with Gasteiger partial charge >= 0.3 is 0 Å². The lowest BCUT2D eigenvalue weighted by atomic mass is 10.1. The third-order valence-corrected chi connectivity index (χ3v) is 2.59. The lowest BCUT2D eigenvalue weighted by Gasteiger charge is -2.25. The SMILES string of the molecule is CC(C)CN(Cc1cccc(NN)n1)CC(C)C. The normalized spacial score (nSPS) is 11.6. The summed E-state index contributed by atoms with van der Waals surface area (Å²) in [6.45, 7) is 12.1. The molecule has 4 nitrogen and oxygen atoms in total. The van der Waals surface area contributed by atoms with E-state index in [4.69, 9.17) is 5.84 Å². The lowest BCUT2D eigenvalue weighted by molar-refractivity contribution is 0.209. The van der Waals surface area contributed by atoms with Gasteiger partial charge in [0.25, 0.3) is 0 Å². The highest BCUT2D eigenvalue weighted by Gasteiger charge is 2.11. The number of rotatable bonds is 7. The summed E-state index contributed by atoms with van der Waals surface area (Å²) in [5, 5.41) is 0. The van der Waals surface area contributed by atoms with E-state index in [-0.39, 0.29) is 0 Å². The minimum atomic E-state index is 0.666. The number of nitrogens with zero attached hydrogens (tertiary/aromatic N) is 2. The average molecular weight is 250 g/mol. The van der Waals surface area contributed by atoms with E-state index in [0.717, 1.165) is 31.1 Å². The van der Waals surface area contributed by atoms with E-state index in [9.17, 15) is 0 Å². The maximum Gasteiger partial charge on any atom is 0.140 e. The van der Waals surface area contributed by atoms with Crippen molar-refractivity contribution in [1.82, 2.24) is 9.88 Å². The number of pyridine rings is 1. The van der Waals surface area contributed by atoms with Gasteiger partial charge in [0, 0.05) is 19.6 Å². The fourth-order valence-electron chi connectivity index (χ4n) is 2.11.